The first kappa shape index (κ1) is 19.7. The third kappa shape index (κ3) is 4.37. The van der Waals surface area contributed by atoms with E-state index >= 15 is 0 Å². The van der Waals surface area contributed by atoms with E-state index in [0.717, 1.165) is 4.88 Å². The Labute approximate surface area is 171 Å². The Hall–Kier alpha value is -2.60. The molecule has 2 aromatic heterocycles. The number of amides is 1. The monoisotopic (exact) mass is 434 g/mol. The molecule has 0 unspecified atom stereocenters. The Kier molecular flexibility index (Phi) is 5.72. The minimum absolute atomic E-state index is 0.151. The number of nitrogens with zero attached hydrogens (tertiary/aromatic N) is 3. The van der Waals surface area contributed by atoms with E-state index in [2.05, 4.69) is 15.5 Å². The number of benzene rings is 1. The Morgan fingerprint density at radius 3 is 2.62 bits per heavy atom. The molecule has 0 radical (unpaired) electrons. The van der Waals surface area contributed by atoms with Crippen molar-refractivity contribution < 1.29 is 22.5 Å². The molecule has 1 aromatic carbocycles. The molecule has 1 aliphatic rings. The third-order valence-corrected chi connectivity index (χ3v) is 7.13. The van der Waals surface area contributed by atoms with Gasteiger partial charge in [0, 0.05) is 23.5 Å². The first-order chi connectivity index (χ1) is 14.0. The second-order valence-electron chi connectivity index (χ2n) is 6.23. The van der Waals surface area contributed by atoms with Crippen molar-refractivity contribution in [2.45, 2.75) is 11.4 Å². The molecule has 152 valence electrons. The fourth-order valence-electron chi connectivity index (χ4n) is 2.80. The van der Waals surface area contributed by atoms with Gasteiger partial charge >= 0.3 is 11.8 Å². The summed E-state index contributed by atoms with van der Waals surface area (Å²) in [7, 11) is -3.57. The van der Waals surface area contributed by atoms with Gasteiger partial charge in [0.15, 0.2) is 0 Å². The van der Waals surface area contributed by atoms with Crippen LogP contribution in [0.1, 0.15) is 15.6 Å². The molecule has 0 atom stereocenters. The summed E-state index contributed by atoms with van der Waals surface area (Å²) in [5, 5.41) is 8.45. The number of thiophene rings is 1. The summed E-state index contributed by atoms with van der Waals surface area (Å²) >= 11 is 1.53. The zero-order valence-electron chi connectivity index (χ0n) is 15.3. The van der Waals surface area contributed by atoms with E-state index in [4.69, 9.17) is 9.26 Å². The Morgan fingerprint density at radius 1 is 1.17 bits per heavy atom. The lowest BCUT2D eigenvalue weighted by molar-refractivity contribution is 0.0730. The molecule has 1 aliphatic heterocycles. The van der Waals surface area contributed by atoms with Crippen LogP contribution in [0.2, 0.25) is 0 Å². The lowest BCUT2D eigenvalue weighted by Gasteiger charge is -2.26. The molecule has 0 bridgehead atoms. The molecule has 9 nitrogen and oxygen atoms in total. The van der Waals surface area contributed by atoms with Crippen LogP contribution in [0.25, 0.3) is 11.4 Å². The van der Waals surface area contributed by atoms with E-state index in [9.17, 15) is 13.2 Å². The van der Waals surface area contributed by atoms with E-state index in [0.29, 0.717) is 38.4 Å². The highest BCUT2D eigenvalue weighted by atomic mass is 32.2. The van der Waals surface area contributed by atoms with Crippen LogP contribution in [0.3, 0.4) is 0 Å². The minimum Gasteiger partial charge on any atom is -0.379 e. The van der Waals surface area contributed by atoms with Crippen LogP contribution in [0, 0.1) is 0 Å². The number of carbonyl (C=O) groups excluding carboxylic acids is 1. The summed E-state index contributed by atoms with van der Waals surface area (Å²) in [6, 6.07) is 9.98. The molecule has 0 saturated carbocycles. The zero-order chi connectivity index (χ0) is 20.3. The Balaban J connectivity index is 1.45. The number of sulfonamides is 1. The predicted octanol–water partition coefficient (Wildman–Crippen LogP) is 1.75. The van der Waals surface area contributed by atoms with Gasteiger partial charge in [0.2, 0.25) is 15.8 Å². The summed E-state index contributed by atoms with van der Waals surface area (Å²) in [4.78, 5) is 17.4. The van der Waals surface area contributed by atoms with Crippen molar-refractivity contribution in [3.05, 3.63) is 52.5 Å². The molecule has 29 heavy (non-hydrogen) atoms. The topological polar surface area (TPSA) is 115 Å². The number of aromatic nitrogens is 2. The van der Waals surface area contributed by atoms with Gasteiger partial charge in [-0.3, -0.25) is 4.79 Å². The molecule has 1 N–H and O–H groups in total. The summed E-state index contributed by atoms with van der Waals surface area (Å²) < 4.78 is 37.0. The lowest BCUT2D eigenvalue weighted by atomic mass is 10.2. The first-order valence-electron chi connectivity index (χ1n) is 8.87. The van der Waals surface area contributed by atoms with Crippen molar-refractivity contribution in [1.82, 2.24) is 19.8 Å². The number of hydrogen-bond donors (Lipinski definition) is 1. The quantitative estimate of drug-likeness (QED) is 0.628. The SMILES string of the molecule is O=C(NCc1cccs1)c1nc(-c2ccc(S(=O)(=O)N3CCOCC3)cc2)no1. The van der Waals surface area contributed by atoms with Crippen molar-refractivity contribution in [1.29, 1.82) is 0 Å². The van der Waals surface area contributed by atoms with Crippen LogP contribution < -0.4 is 5.32 Å². The van der Waals surface area contributed by atoms with Crippen molar-refractivity contribution in [2.75, 3.05) is 26.3 Å². The molecule has 11 heteroatoms. The second kappa shape index (κ2) is 8.41. The number of hydrogen-bond acceptors (Lipinski definition) is 8. The molecule has 3 heterocycles. The number of morpholine rings is 1. The van der Waals surface area contributed by atoms with Crippen molar-refractivity contribution in [3.63, 3.8) is 0 Å². The molecule has 1 saturated heterocycles. The smallest absolute Gasteiger partial charge is 0.316 e. The van der Waals surface area contributed by atoms with E-state index in [1.54, 1.807) is 12.1 Å². The molecule has 0 aliphatic carbocycles. The maximum Gasteiger partial charge on any atom is 0.316 e. The van der Waals surface area contributed by atoms with Crippen molar-refractivity contribution in [3.8, 4) is 11.4 Å². The number of ether oxygens (including phenoxy) is 1. The Morgan fingerprint density at radius 2 is 1.93 bits per heavy atom. The minimum atomic E-state index is -3.57. The van der Waals surface area contributed by atoms with Gasteiger partial charge in [0.1, 0.15) is 0 Å². The van der Waals surface area contributed by atoms with Crippen LogP contribution in [-0.4, -0.2) is 55.1 Å². The third-order valence-electron chi connectivity index (χ3n) is 4.34. The van der Waals surface area contributed by atoms with E-state index in [1.165, 1.54) is 27.8 Å². The average Bonchev–Trinajstić information content (AvgIpc) is 3.45. The van der Waals surface area contributed by atoms with Gasteiger partial charge in [0.05, 0.1) is 24.7 Å². The first-order valence-corrected chi connectivity index (χ1v) is 11.2. The van der Waals surface area contributed by atoms with Crippen molar-refractivity contribution >= 4 is 27.3 Å². The van der Waals surface area contributed by atoms with Gasteiger partial charge in [-0.2, -0.15) is 9.29 Å². The Bertz CT molecular complexity index is 1070. The molecule has 1 amide bonds. The number of carbonyl (C=O) groups is 1. The van der Waals surface area contributed by atoms with E-state index in [1.807, 2.05) is 17.5 Å². The second-order valence-corrected chi connectivity index (χ2v) is 9.20. The standard InChI is InChI=1S/C18H18N4O5S2/c23-17(19-12-14-2-1-11-28-14)18-20-16(21-27-18)13-3-5-15(6-4-13)29(24,25)22-7-9-26-10-8-22/h1-6,11H,7-10,12H2,(H,19,23). The average molecular weight is 434 g/mol. The van der Waals surface area contributed by atoms with Gasteiger partial charge in [0.25, 0.3) is 0 Å². The largest absolute Gasteiger partial charge is 0.379 e. The number of nitrogens with one attached hydrogen (secondary N) is 1. The van der Waals surface area contributed by atoms with Gasteiger partial charge < -0.3 is 14.6 Å². The van der Waals surface area contributed by atoms with E-state index in [-0.39, 0.29) is 16.6 Å². The predicted molar refractivity (Wildman–Crippen MR) is 105 cm³/mol. The highest BCUT2D eigenvalue weighted by Crippen LogP contribution is 2.22. The summed E-state index contributed by atoms with van der Waals surface area (Å²) in [5.41, 5.74) is 0.548. The molecule has 0 spiro atoms. The van der Waals surface area contributed by atoms with Crippen LogP contribution in [-0.2, 0) is 21.3 Å². The molecular formula is C18H18N4O5S2. The summed E-state index contributed by atoms with van der Waals surface area (Å²) in [6.45, 7) is 1.81. The van der Waals surface area contributed by atoms with Gasteiger partial charge in [-0.05, 0) is 35.7 Å². The number of rotatable bonds is 6. The van der Waals surface area contributed by atoms with Crippen LogP contribution in [0.15, 0.2) is 51.2 Å². The van der Waals surface area contributed by atoms with Crippen LogP contribution in [0.5, 0.6) is 0 Å². The van der Waals surface area contributed by atoms with Gasteiger partial charge in [-0.1, -0.05) is 11.2 Å². The fraction of sp³-hybridized carbons (Fsp3) is 0.278. The van der Waals surface area contributed by atoms with Gasteiger partial charge in [-0.25, -0.2) is 8.42 Å². The zero-order valence-corrected chi connectivity index (χ0v) is 16.9. The van der Waals surface area contributed by atoms with Crippen LogP contribution in [0.4, 0.5) is 0 Å². The lowest BCUT2D eigenvalue weighted by Crippen LogP contribution is -2.40. The van der Waals surface area contributed by atoms with Crippen molar-refractivity contribution in [2.24, 2.45) is 0 Å². The highest BCUT2D eigenvalue weighted by Gasteiger charge is 2.26. The van der Waals surface area contributed by atoms with Crippen LogP contribution >= 0.6 is 11.3 Å². The summed E-state index contributed by atoms with van der Waals surface area (Å²) in [5.74, 6) is -0.410. The molecular weight excluding hydrogens is 416 g/mol. The molecule has 3 aromatic rings. The van der Waals surface area contributed by atoms with Gasteiger partial charge in [-0.15, -0.1) is 11.3 Å². The molecule has 1 fully saturated rings. The maximum absolute atomic E-state index is 12.7. The fourth-order valence-corrected chi connectivity index (χ4v) is 4.85. The summed E-state index contributed by atoms with van der Waals surface area (Å²) in [6.07, 6.45) is 0. The highest BCUT2D eigenvalue weighted by molar-refractivity contribution is 7.89. The van der Waals surface area contributed by atoms with E-state index < -0.39 is 15.9 Å². The molecule has 4 rings (SSSR count). The normalized spacial score (nSPS) is 15.3. The maximum atomic E-state index is 12.7.